The molecule has 1 fully saturated rings. The molecule has 30 heavy (non-hydrogen) atoms. The molecule has 2 aromatic carbocycles. The van der Waals surface area contributed by atoms with Crippen molar-refractivity contribution in [2.45, 2.75) is 39.0 Å². The number of nitrogens with one attached hydrogen (secondary N) is 1. The molecular formula is C26H30N2O2. The summed E-state index contributed by atoms with van der Waals surface area (Å²) in [6.07, 6.45) is 3.46. The van der Waals surface area contributed by atoms with Crippen LogP contribution in [0.2, 0.25) is 0 Å². The Morgan fingerprint density at radius 2 is 1.80 bits per heavy atom. The molecule has 0 saturated carbocycles. The molecule has 4 nitrogen and oxygen atoms in total. The Labute approximate surface area is 177 Å². The number of pyridine rings is 1. The number of unbranched alkanes of at least 4 members (excludes halogenated alkanes) is 1. The number of H-pyrrole nitrogens is 1. The van der Waals surface area contributed by atoms with Crippen LogP contribution in [0.1, 0.15) is 54.1 Å². The molecule has 1 aliphatic rings. The average molecular weight is 403 g/mol. The maximum Gasteiger partial charge on any atom is 0.248 e. The molecule has 0 unspecified atom stereocenters. The Hall–Kier alpha value is -2.72. The van der Waals surface area contributed by atoms with Crippen LogP contribution in [0.4, 0.5) is 0 Å². The van der Waals surface area contributed by atoms with Crippen molar-refractivity contribution in [2.75, 3.05) is 19.6 Å². The third kappa shape index (κ3) is 4.71. The van der Waals surface area contributed by atoms with Crippen molar-refractivity contribution in [1.82, 2.24) is 9.88 Å². The van der Waals surface area contributed by atoms with Gasteiger partial charge in [0.15, 0.2) is 5.78 Å². The Kier molecular flexibility index (Phi) is 6.14. The third-order valence-corrected chi connectivity index (χ3v) is 6.17. The lowest BCUT2D eigenvalue weighted by Crippen LogP contribution is -2.50. The summed E-state index contributed by atoms with van der Waals surface area (Å²) in [5, 5.41) is 0.901. The summed E-state index contributed by atoms with van der Waals surface area (Å²) in [4.78, 5) is 29.3. The number of hydrogen-bond donors (Lipinski definition) is 1. The van der Waals surface area contributed by atoms with Gasteiger partial charge >= 0.3 is 0 Å². The quantitative estimate of drug-likeness (QED) is 0.435. The molecule has 0 amide bonds. The lowest BCUT2D eigenvalue weighted by Gasteiger charge is -2.38. The second-order valence-electron chi connectivity index (χ2n) is 8.80. The van der Waals surface area contributed by atoms with Crippen molar-refractivity contribution in [3.8, 4) is 0 Å². The molecule has 0 bridgehead atoms. The van der Waals surface area contributed by atoms with E-state index in [1.807, 2.05) is 18.2 Å². The van der Waals surface area contributed by atoms with E-state index in [4.69, 9.17) is 0 Å². The molecule has 4 rings (SSSR count). The first-order chi connectivity index (χ1) is 14.5. The van der Waals surface area contributed by atoms with E-state index in [1.54, 1.807) is 6.07 Å². The molecule has 1 saturated heterocycles. The van der Waals surface area contributed by atoms with Crippen molar-refractivity contribution in [3.63, 3.8) is 0 Å². The summed E-state index contributed by atoms with van der Waals surface area (Å²) in [6.45, 7) is 7.22. The molecule has 156 valence electrons. The van der Waals surface area contributed by atoms with Crippen LogP contribution in [0.25, 0.3) is 10.9 Å². The van der Waals surface area contributed by atoms with Gasteiger partial charge in [0.25, 0.3) is 0 Å². The lowest BCUT2D eigenvalue weighted by molar-refractivity contribution is 0.0618. The number of likely N-dealkylation sites (tertiary alicyclic amines) is 1. The highest BCUT2D eigenvalue weighted by Gasteiger charge is 2.32. The van der Waals surface area contributed by atoms with E-state index in [0.29, 0.717) is 5.92 Å². The molecule has 1 aromatic heterocycles. The van der Waals surface area contributed by atoms with Crippen LogP contribution in [0, 0.1) is 5.92 Å². The van der Waals surface area contributed by atoms with E-state index >= 15 is 0 Å². The first-order valence-electron chi connectivity index (χ1n) is 11.0. The van der Waals surface area contributed by atoms with Crippen molar-refractivity contribution >= 4 is 16.7 Å². The van der Waals surface area contributed by atoms with Crippen molar-refractivity contribution in [2.24, 2.45) is 5.92 Å². The maximum absolute atomic E-state index is 12.8. The zero-order chi connectivity index (χ0) is 21.1. The van der Waals surface area contributed by atoms with Crippen molar-refractivity contribution < 1.29 is 4.79 Å². The monoisotopic (exact) mass is 402 g/mol. The Bertz CT molecular complexity index is 1080. The van der Waals surface area contributed by atoms with E-state index in [9.17, 15) is 9.59 Å². The van der Waals surface area contributed by atoms with Crippen LogP contribution >= 0.6 is 0 Å². The van der Waals surface area contributed by atoms with E-state index in [2.05, 4.69) is 48.0 Å². The first-order valence-corrected chi connectivity index (χ1v) is 11.0. The number of aromatic amines is 1. The molecule has 0 spiro atoms. The first kappa shape index (κ1) is 20.5. The molecule has 0 atom stereocenters. The van der Waals surface area contributed by atoms with Gasteiger partial charge in [0.05, 0.1) is 0 Å². The van der Waals surface area contributed by atoms with Gasteiger partial charge in [-0.15, -0.1) is 0 Å². The maximum atomic E-state index is 12.8. The largest absolute Gasteiger partial charge is 0.322 e. The van der Waals surface area contributed by atoms with Crippen molar-refractivity contribution in [1.29, 1.82) is 0 Å². The van der Waals surface area contributed by atoms with E-state index in [0.717, 1.165) is 48.9 Å². The summed E-state index contributed by atoms with van der Waals surface area (Å²) in [5.74, 6) is 0.887. The molecule has 0 radical (unpaired) electrons. The number of ketones is 1. The number of carbonyl (C=O) groups excluding carboxylic acids is 1. The van der Waals surface area contributed by atoms with Gasteiger partial charge in [0.1, 0.15) is 0 Å². The van der Waals surface area contributed by atoms with Gasteiger partial charge in [0, 0.05) is 36.2 Å². The summed E-state index contributed by atoms with van der Waals surface area (Å²) >= 11 is 0. The number of rotatable bonds is 8. The molecule has 3 aromatic rings. The third-order valence-electron chi connectivity index (χ3n) is 6.17. The summed E-state index contributed by atoms with van der Waals surface area (Å²) < 4.78 is 0. The molecule has 2 heterocycles. The van der Waals surface area contributed by atoms with Crippen LogP contribution in [0.5, 0.6) is 0 Å². The highest BCUT2D eigenvalue weighted by atomic mass is 16.1. The molecule has 1 aliphatic heterocycles. The number of aromatic nitrogens is 1. The number of aryl methyl sites for hydroxylation is 1. The average Bonchev–Trinajstić information content (AvgIpc) is 2.71. The minimum Gasteiger partial charge on any atom is -0.322 e. The zero-order valence-corrected chi connectivity index (χ0v) is 17.9. The van der Waals surface area contributed by atoms with Gasteiger partial charge in [-0.1, -0.05) is 38.1 Å². The van der Waals surface area contributed by atoms with Crippen LogP contribution in [0.15, 0.2) is 59.4 Å². The Balaban J connectivity index is 1.21. The van der Waals surface area contributed by atoms with Gasteiger partial charge < -0.3 is 9.88 Å². The van der Waals surface area contributed by atoms with Crippen LogP contribution < -0.4 is 5.56 Å². The fourth-order valence-electron chi connectivity index (χ4n) is 4.20. The number of carbonyl (C=O) groups is 1. The Morgan fingerprint density at radius 1 is 1.03 bits per heavy atom. The summed E-state index contributed by atoms with van der Waals surface area (Å²) in [7, 11) is 0. The normalized spacial score (nSPS) is 14.9. The predicted molar refractivity (Wildman–Crippen MR) is 122 cm³/mol. The zero-order valence-electron chi connectivity index (χ0n) is 17.9. The standard InChI is InChI=1S/C26H30N2O2/c1-18(2)20-8-6-19(7-9-20)5-3-4-14-28-16-23(17-28)26(30)22-10-12-24-21(15-22)11-13-25(29)27-24/h6-13,15,18,23H,3-5,14,16-17H2,1-2H3,(H,27,29). The second-order valence-corrected chi connectivity index (χ2v) is 8.80. The number of nitrogens with zero attached hydrogens (tertiary/aromatic N) is 1. The van der Waals surface area contributed by atoms with E-state index in [1.165, 1.54) is 23.6 Å². The highest BCUT2D eigenvalue weighted by molar-refractivity contribution is 6.01. The highest BCUT2D eigenvalue weighted by Crippen LogP contribution is 2.23. The van der Waals surface area contributed by atoms with Gasteiger partial charge in [0.2, 0.25) is 5.56 Å². The smallest absolute Gasteiger partial charge is 0.248 e. The van der Waals surface area contributed by atoms with Crippen LogP contribution in [-0.2, 0) is 6.42 Å². The van der Waals surface area contributed by atoms with Gasteiger partial charge in [-0.05, 0) is 72.5 Å². The van der Waals surface area contributed by atoms with Crippen LogP contribution in [-0.4, -0.2) is 35.3 Å². The second kappa shape index (κ2) is 8.97. The number of Topliss-reactive ketones (excluding diaryl/α,β-unsaturated/α-hetero) is 1. The van der Waals surface area contributed by atoms with Gasteiger partial charge in [-0.25, -0.2) is 0 Å². The minimum absolute atomic E-state index is 0.0915. The molecule has 0 aliphatic carbocycles. The van der Waals surface area contributed by atoms with Gasteiger partial charge in [-0.2, -0.15) is 0 Å². The molecule has 4 heteroatoms. The Morgan fingerprint density at radius 3 is 2.53 bits per heavy atom. The fraction of sp³-hybridized carbons (Fsp3) is 0.385. The van der Waals surface area contributed by atoms with E-state index < -0.39 is 0 Å². The molecular weight excluding hydrogens is 372 g/mol. The number of fused-ring (bicyclic) bond motifs is 1. The SMILES string of the molecule is CC(C)c1ccc(CCCCN2CC(C(=O)c3ccc4[nH]c(=O)ccc4c3)C2)cc1. The fourth-order valence-corrected chi connectivity index (χ4v) is 4.20. The number of hydrogen-bond acceptors (Lipinski definition) is 3. The van der Waals surface area contributed by atoms with Crippen LogP contribution in [0.3, 0.4) is 0 Å². The van der Waals surface area contributed by atoms with Crippen molar-refractivity contribution in [3.05, 3.63) is 81.6 Å². The van der Waals surface area contributed by atoms with E-state index in [-0.39, 0.29) is 17.3 Å². The van der Waals surface area contributed by atoms with Gasteiger partial charge in [-0.3, -0.25) is 9.59 Å². The molecule has 1 N–H and O–H groups in total. The summed E-state index contributed by atoms with van der Waals surface area (Å²) in [5.41, 5.74) is 4.20. The lowest BCUT2D eigenvalue weighted by atomic mass is 9.90. The predicted octanol–water partition coefficient (Wildman–Crippen LogP) is 4.79. The summed E-state index contributed by atoms with van der Waals surface area (Å²) in [6, 6.07) is 17.8. The topological polar surface area (TPSA) is 53.2 Å². The minimum atomic E-state index is -0.121. The number of benzene rings is 2.